The standard InChI is InChI=1S/C25H15NO/c1-3-8-18(9-4-1)13-14-21-22-16-20-12-7-15-26-23(20)17-24(22)27-25(21)19-10-5-2-6-11-19/h1-12,15-17H. The van der Waals surface area contributed by atoms with Crippen LogP contribution in [-0.2, 0) is 0 Å². The third-order valence-electron chi connectivity index (χ3n) is 4.55. The predicted octanol–water partition coefficient (Wildman–Crippen LogP) is 6.05. The van der Waals surface area contributed by atoms with Crippen molar-refractivity contribution in [2.45, 2.75) is 0 Å². The van der Waals surface area contributed by atoms with Crippen LogP contribution >= 0.6 is 0 Å². The lowest BCUT2D eigenvalue weighted by atomic mass is 10.0. The molecule has 2 nitrogen and oxygen atoms in total. The molecule has 0 atom stereocenters. The number of benzene rings is 3. The number of aromatic nitrogens is 1. The van der Waals surface area contributed by atoms with Crippen molar-refractivity contribution in [3.63, 3.8) is 0 Å². The number of furan rings is 1. The Morgan fingerprint density at radius 2 is 1.52 bits per heavy atom. The van der Waals surface area contributed by atoms with Gasteiger partial charge in [-0.3, -0.25) is 4.98 Å². The number of rotatable bonds is 1. The molecule has 0 bridgehead atoms. The lowest BCUT2D eigenvalue weighted by Gasteiger charge is -1.97. The molecule has 2 aromatic heterocycles. The molecule has 2 heteroatoms. The molecule has 0 aliphatic carbocycles. The van der Waals surface area contributed by atoms with Crippen molar-refractivity contribution in [1.82, 2.24) is 4.98 Å². The summed E-state index contributed by atoms with van der Waals surface area (Å²) in [7, 11) is 0. The highest BCUT2D eigenvalue weighted by atomic mass is 16.3. The molecular formula is C25H15NO. The topological polar surface area (TPSA) is 26.0 Å². The van der Waals surface area contributed by atoms with Crippen molar-refractivity contribution in [1.29, 1.82) is 0 Å². The van der Waals surface area contributed by atoms with E-state index >= 15 is 0 Å². The van der Waals surface area contributed by atoms with Gasteiger partial charge in [0, 0.05) is 34.2 Å². The van der Waals surface area contributed by atoms with Gasteiger partial charge in [0.25, 0.3) is 0 Å². The van der Waals surface area contributed by atoms with Gasteiger partial charge in [-0.25, -0.2) is 0 Å². The van der Waals surface area contributed by atoms with Crippen LogP contribution in [0.2, 0.25) is 0 Å². The molecule has 3 aromatic carbocycles. The van der Waals surface area contributed by atoms with Gasteiger partial charge >= 0.3 is 0 Å². The fourth-order valence-corrected chi connectivity index (χ4v) is 3.24. The highest BCUT2D eigenvalue weighted by molar-refractivity contribution is 6.00. The van der Waals surface area contributed by atoms with Gasteiger partial charge in [-0.2, -0.15) is 0 Å². The molecule has 5 aromatic rings. The summed E-state index contributed by atoms with van der Waals surface area (Å²) in [6.45, 7) is 0. The van der Waals surface area contributed by atoms with Crippen molar-refractivity contribution < 1.29 is 4.42 Å². The zero-order chi connectivity index (χ0) is 18.1. The van der Waals surface area contributed by atoms with Crippen LogP contribution in [0.4, 0.5) is 0 Å². The minimum Gasteiger partial charge on any atom is -0.455 e. The Bertz CT molecular complexity index is 1310. The molecule has 0 aliphatic heterocycles. The summed E-state index contributed by atoms with van der Waals surface area (Å²) in [6, 6.07) is 28.2. The molecule has 0 fully saturated rings. The number of hydrogen-bond acceptors (Lipinski definition) is 2. The first-order chi connectivity index (χ1) is 13.4. The van der Waals surface area contributed by atoms with Crippen LogP contribution in [-0.4, -0.2) is 4.98 Å². The predicted molar refractivity (Wildman–Crippen MR) is 109 cm³/mol. The van der Waals surface area contributed by atoms with Crippen molar-refractivity contribution in [3.8, 4) is 23.2 Å². The molecule has 0 aliphatic rings. The van der Waals surface area contributed by atoms with Crippen LogP contribution in [0.25, 0.3) is 33.2 Å². The van der Waals surface area contributed by atoms with E-state index in [1.165, 1.54) is 0 Å². The summed E-state index contributed by atoms with van der Waals surface area (Å²) >= 11 is 0. The van der Waals surface area contributed by atoms with Crippen molar-refractivity contribution in [3.05, 3.63) is 102 Å². The van der Waals surface area contributed by atoms with Crippen molar-refractivity contribution in [2.75, 3.05) is 0 Å². The molecule has 5 rings (SSSR count). The Morgan fingerprint density at radius 1 is 0.741 bits per heavy atom. The minimum absolute atomic E-state index is 0.796. The first-order valence-electron chi connectivity index (χ1n) is 8.82. The number of nitrogens with zero attached hydrogens (tertiary/aromatic N) is 1. The Kier molecular flexibility index (Phi) is 3.70. The smallest absolute Gasteiger partial charge is 0.151 e. The highest BCUT2D eigenvalue weighted by Gasteiger charge is 2.15. The lowest BCUT2D eigenvalue weighted by molar-refractivity contribution is 0.631. The van der Waals surface area contributed by atoms with Gasteiger partial charge in [0.2, 0.25) is 0 Å². The van der Waals surface area contributed by atoms with Gasteiger partial charge in [0.1, 0.15) is 5.58 Å². The zero-order valence-corrected chi connectivity index (χ0v) is 14.5. The monoisotopic (exact) mass is 345 g/mol. The largest absolute Gasteiger partial charge is 0.455 e. The SMILES string of the molecule is C(#Cc1c(-c2ccccc2)oc2cc3ncccc3cc12)c1ccccc1. The van der Waals surface area contributed by atoms with Gasteiger partial charge in [0.15, 0.2) is 5.76 Å². The van der Waals surface area contributed by atoms with Crippen LogP contribution in [0.5, 0.6) is 0 Å². The average Bonchev–Trinajstić information content (AvgIpc) is 3.09. The first-order valence-corrected chi connectivity index (χ1v) is 8.82. The van der Waals surface area contributed by atoms with Gasteiger partial charge < -0.3 is 4.42 Å². The van der Waals surface area contributed by atoms with E-state index in [4.69, 9.17) is 4.42 Å². The molecule has 126 valence electrons. The Morgan fingerprint density at radius 3 is 2.33 bits per heavy atom. The minimum atomic E-state index is 0.796. The molecule has 0 saturated heterocycles. The van der Waals surface area contributed by atoms with E-state index in [9.17, 15) is 0 Å². The molecule has 0 N–H and O–H groups in total. The van der Waals surface area contributed by atoms with Gasteiger partial charge in [-0.15, -0.1) is 0 Å². The fraction of sp³-hybridized carbons (Fsp3) is 0. The van der Waals surface area contributed by atoms with E-state index < -0.39 is 0 Å². The third kappa shape index (κ3) is 2.86. The molecule has 0 amide bonds. The Balaban J connectivity index is 1.79. The summed E-state index contributed by atoms with van der Waals surface area (Å²) in [5, 5.41) is 2.09. The number of fused-ring (bicyclic) bond motifs is 2. The van der Waals surface area contributed by atoms with Crippen molar-refractivity contribution in [2.24, 2.45) is 0 Å². The van der Waals surface area contributed by atoms with Crippen LogP contribution in [0.15, 0.2) is 95.5 Å². The molecule has 0 radical (unpaired) electrons. The van der Waals surface area contributed by atoms with Crippen LogP contribution in [0, 0.1) is 11.8 Å². The summed E-state index contributed by atoms with van der Waals surface area (Å²) < 4.78 is 6.24. The second-order valence-corrected chi connectivity index (χ2v) is 6.33. The van der Waals surface area contributed by atoms with E-state index in [-0.39, 0.29) is 0 Å². The molecule has 0 unspecified atom stereocenters. The second-order valence-electron chi connectivity index (χ2n) is 6.33. The highest BCUT2D eigenvalue weighted by Crippen LogP contribution is 2.35. The maximum Gasteiger partial charge on any atom is 0.151 e. The second kappa shape index (κ2) is 6.48. The summed E-state index contributed by atoms with van der Waals surface area (Å²) in [4.78, 5) is 4.44. The summed E-state index contributed by atoms with van der Waals surface area (Å²) in [5.74, 6) is 7.42. The van der Waals surface area contributed by atoms with E-state index in [0.29, 0.717) is 0 Å². The van der Waals surface area contributed by atoms with Crippen LogP contribution < -0.4 is 0 Å². The van der Waals surface area contributed by atoms with E-state index in [2.05, 4.69) is 29.0 Å². The molecule has 0 spiro atoms. The summed E-state index contributed by atoms with van der Waals surface area (Å²) in [5.41, 5.74) is 4.63. The summed E-state index contributed by atoms with van der Waals surface area (Å²) in [6.07, 6.45) is 1.80. The molecular weight excluding hydrogens is 330 g/mol. The maximum absolute atomic E-state index is 6.24. The number of pyridine rings is 1. The van der Waals surface area contributed by atoms with Crippen LogP contribution in [0.1, 0.15) is 11.1 Å². The first kappa shape index (κ1) is 15.4. The Labute approximate surface area is 157 Å². The van der Waals surface area contributed by atoms with Crippen molar-refractivity contribution >= 4 is 21.9 Å². The lowest BCUT2D eigenvalue weighted by Crippen LogP contribution is -1.81. The van der Waals surface area contributed by atoms with E-state index in [1.807, 2.05) is 72.8 Å². The van der Waals surface area contributed by atoms with E-state index in [1.54, 1.807) is 6.20 Å². The number of hydrogen-bond donors (Lipinski definition) is 0. The molecule has 2 heterocycles. The zero-order valence-electron chi connectivity index (χ0n) is 14.5. The normalized spacial score (nSPS) is 10.7. The van der Waals surface area contributed by atoms with Gasteiger partial charge in [-0.05, 0) is 24.3 Å². The van der Waals surface area contributed by atoms with Gasteiger partial charge in [0.05, 0.1) is 11.1 Å². The quantitative estimate of drug-likeness (QED) is 0.346. The average molecular weight is 345 g/mol. The Hall–Kier alpha value is -3.83. The van der Waals surface area contributed by atoms with Crippen LogP contribution in [0.3, 0.4) is 0 Å². The van der Waals surface area contributed by atoms with Gasteiger partial charge in [-0.1, -0.05) is 66.4 Å². The molecule has 27 heavy (non-hydrogen) atoms. The van der Waals surface area contributed by atoms with E-state index in [0.717, 1.165) is 44.3 Å². The maximum atomic E-state index is 6.24. The third-order valence-corrected chi connectivity index (χ3v) is 4.55. The molecule has 0 saturated carbocycles. The fourth-order valence-electron chi connectivity index (χ4n) is 3.24.